The second kappa shape index (κ2) is 19.3. The van der Waals surface area contributed by atoms with E-state index in [2.05, 4.69) is 52.2 Å². The van der Waals surface area contributed by atoms with Gasteiger partial charge in [-0.15, -0.1) is 0 Å². The number of nitrogen functional groups attached to an aromatic ring is 1. The van der Waals surface area contributed by atoms with Crippen molar-refractivity contribution < 1.29 is 18.8 Å². The monoisotopic (exact) mass is 952 g/mol. The van der Waals surface area contributed by atoms with Gasteiger partial charge in [-0.2, -0.15) is 5.10 Å². The maximum Gasteiger partial charge on any atom is 0.261 e. The topological polar surface area (TPSA) is 189 Å². The highest BCUT2D eigenvalue weighted by atomic mass is 19.1. The Labute approximate surface area is 409 Å². The lowest BCUT2D eigenvalue weighted by Crippen LogP contribution is -2.46. The zero-order chi connectivity index (χ0) is 48.6. The normalized spacial score (nSPS) is 16.8. The van der Waals surface area contributed by atoms with Crippen LogP contribution in [0, 0.1) is 30.5 Å². The third kappa shape index (κ3) is 9.35. The highest BCUT2D eigenvalue weighted by molar-refractivity contribution is 6.23. The Morgan fingerprint density at radius 3 is 2.46 bits per heavy atom. The number of imidazole rings is 1. The molecule has 0 unspecified atom stereocenters. The maximum absolute atomic E-state index is 15.8. The van der Waals surface area contributed by atoms with E-state index in [1.165, 1.54) is 0 Å². The molecular formula is C53H53FN14O3. The highest BCUT2D eigenvalue weighted by Gasteiger charge is 2.33. The fourth-order valence-electron chi connectivity index (χ4n) is 10.3. The van der Waals surface area contributed by atoms with Crippen LogP contribution in [0.1, 0.15) is 69.4 Å². The minimum absolute atomic E-state index is 0.000583. The Bertz CT molecular complexity index is 3230. The first kappa shape index (κ1) is 45.3. The minimum atomic E-state index is -0.388. The number of nitrogens with one attached hydrogen (secondary N) is 2. The van der Waals surface area contributed by atoms with E-state index in [0.29, 0.717) is 84.7 Å². The molecule has 18 heteroatoms. The van der Waals surface area contributed by atoms with Gasteiger partial charge in [-0.25, -0.2) is 24.3 Å². The van der Waals surface area contributed by atoms with Crippen molar-refractivity contribution in [2.75, 3.05) is 79.8 Å². The van der Waals surface area contributed by atoms with Crippen molar-refractivity contribution in [1.29, 1.82) is 0 Å². The van der Waals surface area contributed by atoms with Crippen molar-refractivity contribution in [2.24, 2.45) is 5.92 Å². The lowest BCUT2D eigenvalue weighted by molar-refractivity contribution is -0.137. The summed E-state index contributed by atoms with van der Waals surface area (Å²) in [6.45, 7) is 8.79. The van der Waals surface area contributed by atoms with Crippen LogP contribution in [0.4, 0.5) is 27.4 Å². The van der Waals surface area contributed by atoms with Gasteiger partial charge in [-0.05, 0) is 93.3 Å². The Hall–Kier alpha value is -8.17. The van der Waals surface area contributed by atoms with Gasteiger partial charge < -0.3 is 25.8 Å². The molecule has 360 valence electrons. The Kier molecular flexibility index (Phi) is 12.3. The number of likely N-dealkylation sites (tertiary alicyclic amines) is 1. The van der Waals surface area contributed by atoms with E-state index in [0.717, 1.165) is 85.6 Å². The summed E-state index contributed by atoms with van der Waals surface area (Å²) < 4.78 is 19.7. The number of hydrogen-bond donors (Lipinski definition) is 3. The van der Waals surface area contributed by atoms with Gasteiger partial charge >= 0.3 is 0 Å². The second-order valence-corrected chi connectivity index (χ2v) is 18.6. The van der Waals surface area contributed by atoms with Gasteiger partial charge in [-0.3, -0.25) is 33.8 Å². The fraction of sp³-hybridized carbons (Fsp3) is 0.321. The van der Waals surface area contributed by atoms with Crippen molar-refractivity contribution in [2.45, 2.75) is 45.2 Å². The first-order chi connectivity index (χ1) is 34.6. The standard InChI is InChI=1S/C53H53FN14O3/c1-34-60-45-10-9-43(38-13-18-56-47(55)28-38)61-50(45)68(34)40-8-11-46(42(54)29-40)64-26-24-63(25-27-64)19-3-4-35-7-12-48(58-30-35)65-20-14-37(15-21-65)53(71)66-22-16-39(17-23-66)67-33-36(32-59-67)31-57-44-6-2-5-41-49(44)52(70)62-51(41)69/h2,5-13,18,28-30,32-33,37,39,57H,14-17,19-27,31H2,1H3,(H2,55,56)(H,62,69,70). The molecule has 5 aromatic heterocycles. The zero-order valence-electron chi connectivity index (χ0n) is 39.4. The van der Waals surface area contributed by atoms with Gasteiger partial charge in [0, 0.05) is 112 Å². The molecule has 0 saturated carbocycles. The number of piperidine rings is 2. The molecule has 0 bridgehead atoms. The number of hydrogen-bond acceptors (Lipinski definition) is 13. The molecule has 71 heavy (non-hydrogen) atoms. The molecule has 0 radical (unpaired) electrons. The van der Waals surface area contributed by atoms with Gasteiger partial charge in [0.2, 0.25) is 5.91 Å². The molecule has 7 aromatic rings. The molecule has 0 aliphatic carbocycles. The van der Waals surface area contributed by atoms with Crippen LogP contribution in [0.3, 0.4) is 0 Å². The van der Waals surface area contributed by atoms with Crippen molar-refractivity contribution in [3.05, 3.63) is 131 Å². The van der Waals surface area contributed by atoms with Crippen molar-refractivity contribution in [1.82, 2.24) is 49.4 Å². The molecule has 17 nitrogen and oxygen atoms in total. The summed E-state index contributed by atoms with van der Waals surface area (Å²) in [7, 11) is 0. The number of anilines is 4. The number of nitrogens with zero attached hydrogens (tertiary/aromatic N) is 11. The van der Waals surface area contributed by atoms with E-state index < -0.39 is 0 Å². The summed E-state index contributed by atoms with van der Waals surface area (Å²) in [5, 5.41) is 10.3. The Balaban J connectivity index is 0.614. The third-order valence-corrected chi connectivity index (χ3v) is 14.2. The first-order valence-electron chi connectivity index (χ1n) is 24.2. The van der Waals surface area contributed by atoms with Crippen molar-refractivity contribution in [3.63, 3.8) is 0 Å². The number of rotatable bonds is 10. The lowest BCUT2D eigenvalue weighted by atomic mass is 9.93. The molecular weight excluding hydrogens is 900 g/mol. The van der Waals surface area contributed by atoms with E-state index in [4.69, 9.17) is 15.7 Å². The number of pyridine rings is 3. The average molecular weight is 953 g/mol. The number of carbonyl (C=O) groups excluding carboxylic acids is 3. The van der Waals surface area contributed by atoms with Gasteiger partial charge in [0.15, 0.2) is 5.65 Å². The predicted molar refractivity (Wildman–Crippen MR) is 269 cm³/mol. The van der Waals surface area contributed by atoms with Crippen LogP contribution >= 0.6 is 0 Å². The number of carbonyl (C=O) groups is 3. The number of amides is 3. The molecule has 3 amide bonds. The largest absolute Gasteiger partial charge is 0.384 e. The highest BCUT2D eigenvalue weighted by Crippen LogP contribution is 2.31. The van der Waals surface area contributed by atoms with Crippen LogP contribution in [-0.4, -0.2) is 121 Å². The number of nitrogens with two attached hydrogens (primary N) is 1. The number of piperazine rings is 1. The maximum atomic E-state index is 15.8. The molecule has 4 aliphatic heterocycles. The average Bonchev–Trinajstić information content (AvgIpc) is 4.10. The molecule has 3 fully saturated rings. The number of benzene rings is 2. The molecule has 9 heterocycles. The van der Waals surface area contributed by atoms with E-state index in [1.807, 2.05) is 82.1 Å². The Morgan fingerprint density at radius 2 is 1.69 bits per heavy atom. The summed E-state index contributed by atoms with van der Waals surface area (Å²) in [5.41, 5.74) is 13.3. The van der Waals surface area contributed by atoms with Crippen molar-refractivity contribution in [3.8, 4) is 28.8 Å². The summed E-state index contributed by atoms with van der Waals surface area (Å²) >= 11 is 0. The Morgan fingerprint density at radius 1 is 0.859 bits per heavy atom. The number of aryl methyl sites for hydroxylation is 1. The minimum Gasteiger partial charge on any atom is -0.384 e. The van der Waals surface area contributed by atoms with Crippen LogP contribution in [0.25, 0.3) is 28.1 Å². The number of aromatic nitrogens is 7. The summed E-state index contributed by atoms with van der Waals surface area (Å²) in [6, 6.07) is 22.2. The first-order valence-corrected chi connectivity index (χ1v) is 24.2. The molecule has 11 rings (SSSR count). The quantitative estimate of drug-likeness (QED) is 0.110. The van der Waals surface area contributed by atoms with Gasteiger partial charge in [0.25, 0.3) is 11.8 Å². The van der Waals surface area contributed by atoms with Crippen molar-refractivity contribution >= 4 is 51.9 Å². The van der Waals surface area contributed by atoms with E-state index in [9.17, 15) is 14.4 Å². The second-order valence-electron chi connectivity index (χ2n) is 18.6. The predicted octanol–water partition coefficient (Wildman–Crippen LogP) is 5.85. The smallest absolute Gasteiger partial charge is 0.261 e. The lowest BCUT2D eigenvalue weighted by Gasteiger charge is -2.37. The van der Waals surface area contributed by atoms with Crippen LogP contribution in [-0.2, 0) is 11.3 Å². The van der Waals surface area contributed by atoms with Crippen LogP contribution < -0.4 is 26.2 Å². The van der Waals surface area contributed by atoms with Gasteiger partial charge in [-0.1, -0.05) is 17.9 Å². The number of imide groups is 1. The van der Waals surface area contributed by atoms with Crippen LogP contribution in [0.5, 0.6) is 0 Å². The van der Waals surface area contributed by atoms with E-state index in [-0.39, 0.29) is 35.5 Å². The molecule has 0 atom stereocenters. The molecule has 4 aliphatic rings. The van der Waals surface area contributed by atoms with Gasteiger partial charge in [0.05, 0.1) is 47.0 Å². The van der Waals surface area contributed by atoms with Crippen LogP contribution in [0.15, 0.2) is 97.6 Å². The third-order valence-electron chi connectivity index (χ3n) is 14.2. The summed E-state index contributed by atoms with van der Waals surface area (Å²) in [6.07, 6.45) is 10.6. The molecule has 3 saturated heterocycles. The fourth-order valence-corrected chi connectivity index (χ4v) is 10.3. The zero-order valence-corrected chi connectivity index (χ0v) is 39.4. The summed E-state index contributed by atoms with van der Waals surface area (Å²) in [4.78, 5) is 65.0. The van der Waals surface area contributed by atoms with E-state index in [1.54, 1.807) is 36.5 Å². The SMILES string of the molecule is Cc1nc2ccc(-c3ccnc(N)c3)nc2n1-c1ccc(N2CCN(CC#Cc3ccc(N4CCC(C(=O)N5CCC(n6cc(CNc7cccc8c7C(=O)NC8=O)cn6)CC5)CC4)nc3)CC2)c(F)c1. The molecule has 2 aromatic carbocycles. The molecule has 4 N–H and O–H groups in total. The van der Waals surface area contributed by atoms with Gasteiger partial charge in [0.1, 0.15) is 28.8 Å². The number of halogens is 1. The van der Waals surface area contributed by atoms with E-state index >= 15 is 4.39 Å². The molecule has 0 spiro atoms. The van der Waals surface area contributed by atoms with Crippen LogP contribution in [0.2, 0.25) is 0 Å². The summed E-state index contributed by atoms with van der Waals surface area (Å²) in [5.74, 6) is 7.79. The number of fused-ring (bicyclic) bond motifs is 2.